The molecule has 9 heteroatoms. The second-order valence-corrected chi connectivity index (χ2v) is 8.51. The molecule has 5 atom stereocenters. The van der Waals surface area contributed by atoms with Crippen LogP contribution in [0.15, 0.2) is 12.1 Å². The Balaban J connectivity index is 2.29. The molecular formula is C18H21Cl2IO6. The van der Waals surface area contributed by atoms with Gasteiger partial charge in [0, 0.05) is 23.3 Å². The van der Waals surface area contributed by atoms with Crippen LogP contribution in [0.3, 0.4) is 0 Å². The Bertz CT molecular complexity index is 688. The lowest BCUT2D eigenvalue weighted by Crippen LogP contribution is -2.54. The Hall–Kier alpha value is -0.770. The van der Waals surface area contributed by atoms with E-state index in [2.05, 4.69) is 22.6 Å². The van der Waals surface area contributed by atoms with Gasteiger partial charge in [-0.1, -0.05) is 37.0 Å². The molecule has 2 rings (SSSR count). The first-order chi connectivity index (χ1) is 12.6. The van der Waals surface area contributed by atoms with Crippen molar-refractivity contribution in [2.24, 2.45) is 11.8 Å². The van der Waals surface area contributed by atoms with Crippen LogP contribution in [0.1, 0.15) is 27.7 Å². The van der Waals surface area contributed by atoms with Crippen molar-refractivity contribution in [3.63, 3.8) is 0 Å². The third-order valence-electron chi connectivity index (χ3n) is 4.46. The minimum atomic E-state index is -0.948. The van der Waals surface area contributed by atoms with Crippen molar-refractivity contribution in [1.29, 1.82) is 0 Å². The molecule has 0 amide bonds. The summed E-state index contributed by atoms with van der Waals surface area (Å²) in [4.78, 5) is 22.7. The van der Waals surface area contributed by atoms with Gasteiger partial charge in [0.1, 0.15) is 6.61 Å². The number of halogens is 3. The van der Waals surface area contributed by atoms with Crippen molar-refractivity contribution in [3.05, 3.63) is 25.7 Å². The molecule has 6 nitrogen and oxygen atoms in total. The summed E-state index contributed by atoms with van der Waals surface area (Å²) in [5.41, 5.74) is 0. The van der Waals surface area contributed by atoms with Crippen molar-refractivity contribution in [1.82, 2.24) is 0 Å². The third-order valence-corrected chi connectivity index (χ3v) is 5.65. The van der Waals surface area contributed by atoms with Crippen molar-refractivity contribution in [3.8, 4) is 5.75 Å². The van der Waals surface area contributed by atoms with Gasteiger partial charge in [0.05, 0.1) is 16.1 Å². The molecule has 0 bridgehead atoms. The number of rotatable bonds is 5. The molecule has 1 heterocycles. The fourth-order valence-electron chi connectivity index (χ4n) is 2.86. The average molecular weight is 531 g/mol. The molecule has 1 aliphatic rings. The molecule has 0 aromatic heterocycles. The van der Waals surface area contributed by atoms with Gasteiger partial charge in [-0.3, -0.25) is 9.59 Å². The van der Waals surface area contributed by atoms with Crippen LogP contribution in [0.5, 0.6) is 5.75 Å². The van der Waals surface area contributed by atoms with Crippen LogP contribution in [0.4, 0.5) is 0 Å². The highest BCUT2D eigenvalue weighted by Gasteiger charge is 2.45. The zero-order chi connectivity index (χ0) is 20.3. The molecule has 2 unspecified atom stereocenters. The van der Waals surface area contributed by atoms with E-state index in [1.165, 1.54) is 13.8 Å². The van der Waals surface area contributed by atoms with Gasteiger partial charge in [-0.05, 0) is 40.6 Å². The number of esters is 2. The van der Waals surface area contributed by atoms with Crippen LogP contribution in [0.25, 0.3) is 0 Å². The van der Waals surface area contributed by atoms with Gasteiger partial charge in [-0.25, -0.2) is 0 Å². The van der Waals surface area contributed by atoms with Crippen LogP contribution >= 0.6 is 45.8 Å². The van der Waals surface area contributed by atoms with Crippen LogP contribution in [0, 0.1) is 15.4 Å². The van der Waals surface area contributed by atoms with Crippen LogP contribution in [-0.4, -0.2) is 37.0 Å². The fraction of sp³-hybridized carbons (Fsp3) is 0.556. The molecule has 27 heavy (non-hydrogen) atoms. The summed E-state index contributed by atoms with van der Waals surface area (Å²) in [6.45, 7) is 6.59. The molecule has 0 aliphatic carbocycles. The van der Waals surface area contributed by atoms with Crippen molar-refractivity contribution < 1.29 is 28.5 Å². The SMILES string of the molecule is CC(=O)OCC1O[C@H](Oc2c(Cl)cc(I)cc2Cl)C(OC(C)=O)[C@@H](C)[C@@H]1C. The minimum Gasteiger partial charge on any atom is -0.463 e. The van der Waals surface area contributed by atoms with E-state index in [0.717, 1.165) is 3.57 Å². The van der Waals surface area contributed by atoms with Crippen LogP contribution in [0.2, 0.25) is 10.0 Å². The van der Waals surface area contributed by atoms with Gasteiger partial charge in [-0.2, -0.15) is 0 Å². The highest BCUT2D eigenvalue weighted by Crippen LogP contribution is 2.39. The average Bonchev–Trinajstić information content (AvgIpc) is 2.55. The Labute approximate surface area is 181 Å². The van der Waals surface area contributed by atoms with E-state index in [1.54, 1.807) is 12.1 Å². The molecule has 0 radical (unpaired) electrons. The number of ether oxygens (including phenoxy) is 4. The molecular weight excluding hydrogens is 510 g/mol. The quantitative estimate of drug-likeness (QED) is 0.413. The van der Waals surface area contributed by atoms with E-state index in [1.807, 2.05) is 13.8 Å². The summed E-state index contributed by atoms with van der Waals surface area (Å²) in [6, 6.07) is 3.41. The summed E-state index contributed by atoms with van der Waals surface area (Å²) in [7, 11) is 0. The molecule has 0 N–H and O–H groups in total. The smallest absolute Gasteiger partial charge is 0.303 e. The summed E-state index contributed by atoms with van der Waals surface area (Å²) in [5.74, 6) is -0.768. The highest BCUT2D eigenvalue weighted by molar-refractivity contribution is 14.1. The van der Waals surface area contributed by atoms with Gasteiger partial charge in [-0.15, -0.1) is 0 Å². The number of carbonyl (C=O) groups is 2. The van der Waals surface area contributed by atoms with Gasteiger partial charge in [0.15, 0.2) is 11.9 Å². The Morgan fingerprint density at radius 1 is 1.11 bits per heavy atom. The molecule has 0 spiro atoms. The van der Waals surface area contributed by atoms with Gasteiger partial charge in [0.2, 0.25) is 6.29 Å². The third kappa shape index (κ3) is 5.85. The molecule has 0 saturated carbocycles. The lowest BCUT2D eigenvalue weighted by Gasteiger charge is -2.43. The first-order valence-corrected chi connectivity index (χ1v) is 10.2. The zero-order valence-corrected chi connectivity index (χ0v) is 19.0. The van der Waals surface area contributed by atoms with E-state index >= 15 is 0 Å². The zero-order valence-electron chi connectivity index (χ0n) is 15.3. The lowest BCUT2D eigenvalue weighted by molar-refractivity contribution is -0.253. The standard InChI is InChI=1S/C18H21Cl2IO6/c1-8-9(2)16(25-11(4)23)18(26-15(8)7-24-10(3)22)27-17-13(19)5-12(21)6-14(17)20/h5-6,8-9,15-16,18H,7H2,1-4H3/t8-,9-,15?,16?,18+/m0/s1. The summed E-state index contributed by atoms with van der Waals surface area (Å²) < 4.78 is 23.3. The maximum Gasteiger partial charge on any atom is 0.303 e. The maximum atomic E-state index is 11.6. The number of carbonyl (C=O) groups excluding carboxylic acids is 2. The Morgan fingerprint density at radius 3 is 2.22 bits per heavy atom. The number of hydrogen-bond donors (Lipinski definition) is 0. The predicted molar refractivity (Wildman–Crippen MR) is 109 cm³/mol. The summed E-state index contributed by atoms with van der Waals surface area (Å²) in [6.07, 6.45) is -2.05. The minimum absolute atomic E-state index is 0.0452. The first-order valence-electron chi connectivity index (χ1n) is 8.37. The first kappa shape index (κ1) is 22.5. The predicted octanol–water partition coefficient (Wildman–Crippen LogP) is 4.47. The Kier molecular flexibility index (Phi) is 8.03. The van der Waals surface area contributed by atoms with Crippen molar-refractivity contribution >= 4 is 57.7 Å². The maximum absolute atomic E-state index is 11.6. The van der Waals surface area contributed by atoms with Gasteiger partial charge < -0.3 is 18.9 Å². The molecule has 1 aromatic rings. The molecule has 1 aromatic carbocycles. The van der Waals surface area contributed by atoms with Gasteiger partial charge >= 0.3 is 11.9 Å². The monoisotopic (exact) mass is 530 g/mol. The van der Waals surface area contributed by atoms with Crippen LogP contribution < -0.4 is 4.74 Å². The Morgan fingerprint density at radius 2 is 1.70 bits per heavy atom. The normalized spacial score (nSPS) is 27.7. The lowest BCUT2D eigenvalue weighted by atomic mass is 9.83. The van der Waals surface area contributed by atoms with E-state index in [0.29, 0.717) is 10.0 Å². The number of hydrogen-bond acceptors (Lipinski definition) is 6. The number of benzene rings is 1. The second-order valence-electron chi connectivity index (χ2n) is 6.45. The summed E-state index contributed by atoms with van der Waals surface area (Å²) >= 11 is 14.6. The largest absolute Gasteiger partial charge is 0.463 e. The second kappa shape index (κ2) is 9.62. The van der Waals surface area contributed by atoms with E-state index in [4.69, 9.17) is 42.1 Å². The van der Waals surface area contributed by atoms with Crippen molar-refractivity contribution in [2.45, 2.75) is 46.2 Å². The summed E-state index contributed by atoms with van der Waals surface area (Å²) in [5, 5.41) is 0.639. The highest BCUT2D eigenvalue weighted by atomic mass is 127. The van der Waals surface area contributed by atoms with Gasteiger partial charge in [0.25, 0.3) is 0 Å². The van der Waals surface area contributed by atoms with E-state index < -0.39 is 30.4 Å². The molecule has 1 aliphatic heterocycles. The van der Waals surface area contributed by atoms with Crippen molar-refractivity contribution in [2.75, 3.05) is 6.61 Å². The topological polar surface area (TPSA) is 71.1 Å². The molecule has 1 fully saturated rings. The van der Waals surface area contributed by atoms with Crippen LogP contribution in [-0.2, 0) is 23.8 Å². The molecule has 1 saturated heterocycles. The van der Waals surface area contributed by atoms with E-state index in [9.17, 15) is 9.59 Å². The fourth-order valence-corrected chi connectivity index (χ4v) is 4.42. The van der Waals surface area contributed by atoms with E-state index in [-0.39, 0.29) is 24.2 Å². The molecule has 150 valence electrons.